The van der Waals surface area contributed by atoms with Gasteiger partial charge in [0.1, 0.15) is 5.69 Å². The molecule has 1 fully saturated rings. The lowest BCUT2D eigenvalue weighted by molar-refractivity contribution is -0.140. The summed E-state index contributed by atoms with van der Waals surface area (Å²) in [7, 11) is 0. The number of aromatic carboxylic acids is 1. The second-order valence-corrected chi connectivity index (χ2v) is 6.06. The van der Waals surface area contributed by atoms with Crippen LogP contribution in [-0.2, 0) is 25.5 Å². The summed E-state index contributed by atoms with van der Waals surface area (Å²) in [6, 6.07) is 1.70. The second-order valence-electron chi connectivity index (χ2n) is 6.06. The van der Waals surface area contributed by atoms with Crippen LogP contribution >= 0.6 is 0 Å². The van der Waals surface area contributed by atoms with Gasteiger partial charge < -0.3 is 24.9 Å². The molecule has 0 radical (unpaired) electrons. The average Bonchev–Trinajstić information content (AvgIpc) is 2.96. The maximum absolute atomic E-state index is 11.8. The molecule has 27 heavy (non-hydrogen) atoms. The van der Waals surface area contributed by atoms with Crippen LogP contribution < -0.4 is 5.32 Å². The van der Waals surface area contributed by atoms with Crippen LogP contribution in [-0.4, -0.2) is 78.8 Å². The monoisotopic (exact) mass is 383 g/mol. The molecule has 0 saturated carbocycles. The molecule has 1 aromatic rings. The number of aromatic nitrogens is 1. The number of nitrogens with one attached hydrogen (secondary N) is 2. The Kier molecular flexibility index (Phi) is 10.1. The Bertz CT molecular complexity index is 623. The van der Waals surface area contributed by atoms with Gasteiger partial charge in [0, 0.05) is 38.8 Å². The van der Waals surface area contributed by atoms with E-state index in [1.807, 2.05) is 0 Å². The highest BCUT2D eigenvalue weighted by molar-refractivity contribution is 5.88. The lowest BCUT2D eigenvalue weighted by Crippen LogP contribution is -2.41. The molecule has 0 atom stereocenters. The predicted molar refractivity (Wildman–Crippen MR) is 98.8 cm³/mol. The predicted octanol–water partition coefficient (Wildman–Crippen LogP) is 0.582. The number of amides is 1. The van der Waals surface area contributed by atoms with Crippen LogP contribution in [0.4, 0.5) is 0 Å². The van der Waals surface area contributed by atoms with Gasteiger partial charge >= 0.3 is 11.9 Å². The van der Waals surface area contributed by atoms with Crippen molar-refractivity contribution < 1.29 is 29.0 Å². The third-order valence-corrected chi connectivity index (χ3v) is 3.84. The van der Waals surface area contributed by atoms with E-state index < -0.39 is 5.97 Å². The van der Waals surface area contributed by atoms with E-state index in [-0.39, 0.29) is 24.0 Å². The number of esters is 1. The molecule has 1 amide bonds. The molecular weight excluding hydrogens is 354 g/mol. The minimum atomic E-state index is -1.01. The molecule has 2 rings (SSSR count). The fourth-order valence-corrected chi connectivity index (χ4v) is 2.56. The third-order valence-electron chi connectivity index (χ3n) is 3.84. The van der Waals surface area contributed by atoms with E-state index in [0.29, 0.717) is 24.4 Å². The molecule has 0 spiro atoms. The van der Waals surface area contributed by atoms with Gasteiger partial charge in [-0.15, -0.1) is 0 Å². The van der Waals surface area contributed by atoms with Gasteiger partial charge in [0.25, 0.3) is 0 Å². The van der Waals surface area contributed by atoms with E-state index in [1.54, 1.807) is 19.9 Å². The van der Waals surface area contributed by atoms with Crippen molar-refractivity contribution in [2.24, 2.45) is 0 Å². The molecule has 1 aliphatic heterocycles. The number of carbonyl (C=O) groups excluding carboxylic acids is 2. The number of carboxylic acid groups (broad SMARTS) is 1. The summed E-state index contributed by atoms with van der Waals surface area (Å²) in [4.78, 5) is 37.6. The molecule has 1 aromatic heterocycles. The van der Waals surface area contributed by atoms with E-state index in [9.17, 15) is 14.4 Å². The number of H-pyrrole nitrogens is 1. The number of carbonyl (C=O) groups is 3. The van der Waals surface area contributed by atoms with Crippen LogP contribution in [0.2, 0.25) is 0 Å². The highest BCUT2D eigenvalue weighted by atomic mass is 16.5. The van der Waals surface area contributed by atoms with E-state index in [2.05, 4.69) is 19.9 Å². The summed E-state index contributed by atoms with van der Waals surface area (Å²) in [6.07, 6.45) is 0.164. The summed E-state index contributed by atoms with van der Waals surface area (Å²) < 4.78 is 9.66. The summed E-state index contributed by atoms with van der Waals surface area (Å²) in [5.41, 5.74) is 1.40. The van der Waals surface area contributed by atoms with Gasteiger partial charge in [0.05, 0.1) is 26.2 Å². The maximum Gasteiger partial charge on any atom is 0.352 e. The normalized spacial score (nSPS) is 14.0. The van der Waals surface area contributed by atoms with Crippen LogP contribution in [0.1, 0.15) is 35.6 Å². The number of hydrogen-bond donors (Lipinski definition) is 3. The van der Waals surface area contributed by atoms with Crippen LogP contribution in [0.5, 0.6) is 0 Å². The number of ether oxygens (including phenoxy) is 2. The first-order valence-electron chi connectivity index (χ1n) is 8.95. The number of aromatic amines is 1. The average molecular weight is 383 g/mol. The third kappa shape index (κ3) is 9.20. The number of carboxylic acids is 1. The van der Waals surface area contributed by atoms with E-state index in [4.69, 9.17) is 9.84 Å². The van der Waals surface area contributed by atoms with Crippen molar-refractivity contribution in [3.8, 4) is 0 Å². The van der Waals surface area contributed by atoms with Crippen molar-refractivity contribution in [3.05, 3.63) is 23.0 Å². The smallest absolute Gasteiger partial charge is 0.352 e. The largest absolute Gasteiger partial charge is 0.477 e. The van der Waals surface area contributed by atoms with Gasteiger partial charge in [0.15, 0.2) is 0 Å². The molecule has 1 aliphatic rings. The van der Waals surface area contributed by atoms with Gasteiger partial charge in [-0.05, 0) is 25.5 Å². The first-order chi connectivity index (χ1) is 12.8. The SMILES string of the molecule is CCOC(C)=O.Cc1cc(CC(=O)NCCN2CCOCC2)[nH]c1C(=O)O. The lowest BCUT2D eigenvalue weighted by atomic mass is 10.2. The van der Waals surface area contributed by atoms with Crippen molar-refractivity contribution in [2.45, 2.75) is 27.2 Å². The van der Waals surface area contributed by atoms with Crippen molar-refractivity contribution in [1.29, 1.82) is 0 Å². The summed E-state index contributed by atoms with van der Waals surface area (Å²) in [5.74, 6) is -1.33. The fourth-order valence-electron chi connectivity index (χ4n) is 2.56. The van der Waals surface area contributed by atoms with E-state index >= 15 is 0 Å². The number of aryl methyl sites for hydroxylation is 1. The minimum absolute atomic E-state index is 0.110. The van der Waals surface area contributed by atoms with Gasteiger partial charge in [-0.25, -0.2) is 4.79 Å². The molecule has 9 nitrogen and oxygen atoms in total. The standard InChI is InChI=1S/C14H21N3O4.C4H8O2/c1-10-8-11(16-13(10)14(19)20)9-12(18)15-2-3-17-4-6-21-7-5-17;1-3-6-4(2)5/h8,16H,2-7,9H2,1H3,(H,15,18)(H,19,20);3H2,1-2H3. The van der Waals surface area contributed by atoms with Gasteiger partial charge in [-0.3, -0.25) is 14.5 Å². The molecule has 9 heteroatoms. The molecule has 0 unspecified atom stereocenters. The maximum atomic E-state index is 11.8. The highest BCUT2D eigenvalue weighted by Gasteiger charge is 2.14. The van der Waals surface area contributed by atoms with Crippen LogP contribution in [0.3, 0.4) is 0 Å². The van der Waals surface area contributed by atoms with E-state index in [1.165, 1.54) is 6.92 Å². The van der Waals surface area contributed by atoms with Crippen molar-refractivity contribution >= 4 is 17.8 Å². The second kappa shape index (κ2) is 12.1. The highest BCUT2D eigenvalue weighted by Crippen LogP contribution is 2.10. The van der Waals surface area contributed by atoms with Crippen molar-refractivity contribution in [2.75, 3.05) is 46.0 Å². The first-order valence-corrected chi connectivity index (χ1v) is 8.95. The number of morpholine rings is 1. The zero-order valence-electron chi connectivity index (χ0n) is 16.2. The number of nitrogens with zero attached hydrogens (tertiary/aromatic N) is 1. The Morgan fingerprint density at radius 3 is 2.48 bits per heavy atom. The number of hydrogen-bond acceptors (Lipinski definition) is 6. The Morgan fingerprint density at radius 1 is 1.33 bits per heavy atom. The van der Waals surface area contributed by atoms with Crippen LogP contribution in [0, 0.1) is 6.92 Å². The van der Waals surface area contributed by atoms with Gasteiger partial charge in [-0.1, -0.05) is 0 Å². The van der Waals surface area contributed by atoms with Gasteiger partial charge in [0.2, 0.25) is 5.91 Å². The Balaban J connectivity index is 0.000000527. The first kappa shape index (κ1) is 22.7. The Labute approximate surface area is 159 Å². The topological polar surface area (TPSA) is 121 Å². The molecular formula is C18H29N3O6. The van der Waals surface area contributed by atoms with Crippen molar-refractivity contribution in [3.63, 3.8) is 0 Å². The molecule has 3 N–H and O–H groups in total. The van der Waals surface area contributed by atoms with E-state index in [0.717, 1.165) is 32.8 Å². The zero-order valence-corrected chi connectivity index (χ0v) is 16.2. The molecule has 0 bridgehead atoms. The molecule has 1 saturated heterocycles. The molecule has 2 heterocycles. The fraction of sp³-hybridized carbons (Fsp3) is 0.611. The number of rotatable bonds is 7. The lowest BCUT2D eigenvalue weighted by Gasteiger charge is -2.26. The Morgan fingerprint density at radius 2 is 2.00 bits per heavy atom. The summed E-state index contributed by atoms with van der Waals surface area (Å²) in [5, 5.41) is 11.8. The van der Waals surface area contributed by atoms with Crippen molar-refractivity contribution in [1.82, 2.24) is 15.2 Å². The minimum Gasteiger partial charge on any atom is -0.477 e. The molecule has 152 valence electrons. The molecule has 0 aliphatic carbocycles. The molecule has 0 aromatic carbocycles. The zero-order chi connectivity index (χ0) is 20.2. The quantitative estimate of drug-likeness (QED) is 0.589. The summed E-state index contributed by atoms with van der Waals surface area (Å²) >= 11 is 0. The van der Waals surface area contributed by atoms with Crippen LogP contribution in [0.25, 0.3) is 0 Å². The van der Waals surface area contributed by atoms with Crippen LogP contribution in [0.15, 0.2) is 6.07 Å². The van der Waals surface area contributed by atoms with Gasteiger partial charge in [-0.2, -0.15) is 0 Å². The summed E-state index contributed by atoms with van der Waals surface area (Å²) in [6.45, 7) is 10.0. The Hall–Kier alpha value is -2.39.